The molecule has 0 bridgehead atoms. The summed E-state index contributed by atoms with van der Waals surface area (Å²) < 4.78 is 0. The minimum absolute atomic E-state index is 0.335. The topological polar surface area (TPSA) is 118 Å². The van der Waals surface area contributed by atoms with E-state index in [2.05, 4.69) is 0 Å². The molecule has 15 heavy (non-hydrogen) atoms. The molecule has 1 aromatic carbocycles. The normalized spacial score (nSPS) is 12.4. The van der Waals surface area contributed by atoms with E-state index in [1.807, 2.05) is 0 Å². The molecule has 1 aromatic rings. The standard InChI is InChI=1S/C9H10O6/c1-3(10)6-4(9(14)15)2-5(11)7(12)8(6)13/h2-3,10-13H,1H3,(H,14,15). The summed E-state index contributed by atoms with van der Waals surface area (Å²) in [4.78, 5) is 10.7. The van der Waals surface area contributed by atoms with Crippen LogP contribution in [0.15, 0.2) is 6.07 Å². The number of phenols is 3. The third-order valence-corrected chi connectivity index (χ3v) is 1.94. The first-order chi connectivity index (χ1) is 6.86. The van der Waals surface area contributed by atoms with Crippen LogP contribution in [0.2, 0.25) is 0 Å². The van der Waals surface area contributed by atoms with Gasteiger partial charge in [-0.3, -0.25) is 0 Å². The lowest BCUT2D eigenvalue weighted by atomic mass is 10.0. The third kappa shape index (κ3) is 1.79. The quantitative estimate of drug-likeness (QED) is 0.459. The van der Waals surface area contributed by atoms with Crippen molar-refractivity contribution < 1.29 is 30.3 Å². The van der Waals surface area contributed by atoms with Crippen LogP contribution in [-0.2, 0) is 0 Å². The van der Waals surface area contributed by atoms with Gasteiger partial charge in [0.2, 0.25) is 5.75 Å². The summed E-state index contributed by atoms with van der Waals surface area (Å²) in [7, 11) is 0. The molecule has 0 fully saturated rings. The summed E-state index contributed by atoms with van der Waals surface area (Å²) in [5.41, 5.74) is -0.796. The lowest BCUT2D eigenvalue weighted by Gasteiger charge is -2.13. The van der Waals surface area contributed by atoms with Gasteiger partial charge in [0.05, 0.1) is 11.7 Å². The number of hydrogen-bond donors (Lipinski definition) is 5. The number of hydrogen-bond acceptors (Lipinski definition) is 5. The molecule has 1 rings (SSSR count). The van der Waals surface area contributed by atoms with E-state index in [1.165, 1.54) is 6.92 Å². The molecule has 6 nitrogen and oxygen atoms in total. The smallest absolute Gasteiger partial charge is 0.336 e. The Kier molecular flexibility index (Phi) is 2.71. The van der Waals surface area contributed by atoms with Crippen molar-refractivity contribution in [1.82, 2.24) is 0 Å². The maximum Gasteiger partial charge on any atom is 0.336 e. The highest BCUT2D eigenvalue weighted by atomic mass is 16.4. The van der Waals surface area contributed by atoms with Crippen molar-refractivity contribution in [1.29, 1.82) is 0 Å². The van der Waals surface area contributed by atoms with E-state index in [9.17, 15) is 15.0 Å². The van der Waals surface area contributed by atoms with Crippen LogP contribution in [0.25, 0.3) is 0 Å². The lowest BCUT2D eigenvalue weighted by molar-refractivity contribution is 0.0688. The molecule has 0 aliphatic carbocycles. The number of aromatic carboxylic acids is 1. The van der Waals surface area contributed by atoms with Crippen molar-refractivity contribution >= 4 is 5.97 Å². The second kappa shape index (κ2) is 3.66. The lowest BCUT2D eigenvalue weighted by Crippen LogP contribution is -2.05. The van der Waals surface area contributed by atoms with Gasteiger partial charge in [0, 0.05) is 5.56 Å². The van der Waals surface area contributed by atoms with Gasteiger partial charge in [0.1, 0.15) is 0 Å². The van der Waals surface area contributed by atoms with Crippen LogP contribution in [0.5, 0.6) is 17.2 Å². The zero-order chi connectivity index (χ0) is 11.7. The van der Waals surface area contributed by atoms with Gasteiger partial charge >= 0.3 is 5.97 Å². The number of carboxylic acid groups (broad SMARTS) is 1. The van der Waals surface area contributed by atoms with Gasteiger partial charge in [-0.05, 0) is 13.0 Å². The summed E-state index contributed by atoms with van der Waals surface area (Å²) in [5.74, 6) is -3.86. The van der Waals surface area contributed by atoms with E-state index in [1.54, 1.807) is 0 Å². The van der Waals surface area contributed by atoms with E-state index >= 15 is 0 Å². The van der Waals surface area contributed by atoms with Crippen LogP contribution in [0.4, 0.5) is 0 Å². The molecule has 0 amide bonds. The Morgan fingerprint density at radius 1 is 1.27 bits per heavy atom. The molecule has 0 saturated carbocycles. The predicted molar refractivity (Wildman–Crippen MR) is 49.0 cm³/mol. The maximum absolute atomic E-state index is 10.7. The number of benzene rings is 1. The fraction of sp³-hybridized carbons (Fsp3) is 0.222. The minimum Gasteiger partial charge on any atom is -0.504 e. The average Bonchev–Trinajstić information content (AvgIpc) is 2.12. The van der Waals surface area contributed by atoms with Gasteiger partial charge in [0.15, 0.2) is 11.5 Å². The molecule has 6 heteroatoms. The van der Waals surface area contributed by atoms with Crippen LogP contribution in [-0.4, -0.2) is 31.5 Å². The van der Waals surface area contributed by atoms with Crippen LogP contribution in [0.3, 0.4) is 0 Å². The van der Waals surface area contributed by atoms with E-state index in [0.29, 0.717) is 0 Å². The summed E-state index contributed by atoms with van der Waals surface area (Å²) in [6.45, 7) is 1.23. The molecule has 0 heterocycles. The molecule has 5 N–H and O–H groups in total. The molecule has 0 radical (unpaired) electrons. The molecule has 0 aromatic heterocycles. The Hall–Kier alpha value is -1.95. The van der Waals surface area contributed by atoms with Gasteiger partial charge < -0.3 is 25.5 Å². The highest BCUT2D eigenvalue weighted by Crippen LogP contribution is 2.42. The summed E-state index contributed by atoms with van der Waals surface area (Å²) >= 11 is 0. The molecule has 0 aliphatic rings. The molecule has 82 valence electrons. The van der Waals surface area contributed by atoms with Crippen LogP contribution >= 0.6 is 0 Å². The first-order valence-electron chi connectivity index (χ1n) is 4.05. The van der Waals surface area contributed by atoms with Crippen molar-refractivity contribution in [2.45, 2.75) is 13.0 Å². The van der Waals surface area contributed by atoms with Gasteiger partial charge in [-0.25, -0.2) is 4.79 Å². The highest BCUT2D eigenvalue weighted by Gasteiger charge is 2.23. The van der Waals surface area contributed by atoms with Crippen molar-refractivity contribution in [2.75, 3.05) is 0 Å². The summed E-state index contributed by atoms with van der Waals surface area (Å²) in [6.07, 6.45) is -1.28. The SMILES string of the molecule is CC(O)c1c(C(=O)O)cc(O)c(O)c1O. The minimum atomic E-state index is -1.42. The molecule has 0 spiro atoms. The van der Waals surface area contributed by atoms with Gasteiger partial charge in [-0.1, -0.05) is 0 Å². The van der Waals surface area contributed by atoms with E-state index in [-0.39, 0.29) is 5.56 Å². The number of aliphatic hydroxyl groups excluding tert-OH is 1. The van der Waals surface area contributed by atoms with Crippen molar-refractivity contribution in [2.24, 2.45) is 0 Å². The largest absolute Gasteiger partial charge is 0.504 e. The number of carboxylic acids is 1. The Balaban J connectivity index is 3.58. The van der Waals surface area contributed by atoms with Crippen LogP contribution in [0.1, 0.15) is 28.9 Å². The van der Waals surface area contributed by atoms with Crippen molar-refractivity contribution in [3.63, 3.8) is 0 Å². The Morgan fingerprint density at radius 2 is 1.80 bits per heavy atom. The number of carbonyl (C=O) groups is 1. The molecular weight excluding hydrogens is 204 g/mol. The molecule has 1 unspecified atom stereocenters. The first kappa shape index (κ1) is 11.1. The third-order valence-electron chi connectivity index (χ3n) is 1.94. The number of phenolic OH excluding ortho intramolecular Hbond substituents is 3. The summed E-state index contributed by atoms with van der Waals surface area (Å²) in [5, 5.41) is 45.5. The molecule has 0 aliphatic heterocycles. The molecule has 0 saturated heterocycles. The highest BCUT2D eigenvalue weighted by molar-refractivity contribution is 5.92. The zero-order valence-corrected chi connectivity index (χ0v) is 7.80. The number of aromatic hydroxyl groups is 3. The van der Waals surface area contributed by atoms with E-state index in [4.69, 9.17) is 15.3 Å². The average molecular weight is 214 g/mol. The van der Waals surface area contributed by atoms with Crippen LogP contribution < -0.4 is 0 Å². The van der Waals surface area contributed by atoms with E-state index in [0.717, 1.165) is 6.07 Å². The Bertz CT molecular complexity index is 410. The zero-order valence-electron chi connectivity index (χ0n) is 7.80. The van der Waals surface area contributed by atoms with Gasteiger partial charge in [0.25, 0.3) is 0 Å². The fourth-order valence-corrected chi connectivity index (χ4v) is 1.26. The van der Waals surface area contributed by atoms with Crippen molar-refractivity contribution in [3.8, 4) is 17.2 Å². The predicted octanol–water partition coefficient (Wildman–Crippen LogP) is 0.555. The van der Waals surface area contributed by atoms with E-state index < -0.39 is 34.9 Å². The second-order valence-electron chi connectivity index (χ2n) is 3.04. The molecular formula is C9H10O6. The fourth-order valence-electron chi connectivity index (χ4n) is 1.26. The first-order valence-corrected chi connectivity index (χ1v) is 4.05. The summed E-state index contributed by atoms with van der Waals surface area (Å²) in [6, 6.07) is 0.763. The van der Waals surface area contributed by atoms with Crippen molar-refractivity contribution in [3.05, 3.63) is 17.2 Å². The Morgan fingerprint density at radius 3 is 2.20 bits per heavy atom. The number of rotatable bonds is 2. The maximum atomic E-state index is 10.7. The van der Waals surface area contributed by atoms with Gasteiger partial charge in [-0.15, -0.1) is 0 Å². The van der Waals surface area contributed by atoms with Crippen LogP contribution in [0, 0.1) is 0 Å². The monoisotopic (exact) mass is 214 g/mol. The number of aliphatic hydroxyl groups is 1. The molecule has 1 atom stereocenters. The second-order valence-corrected chi connectivity index (χ2v) is 3.04. The Labute approximate surface area is 84.7 Å². The van der Waals surface area contributed by atoms with Gasteiger partial charge in [-0.2, -0.15) is 0 Å².